The third kappa shape index (κ3) is 2.03. The van der Waals surface area contributed by atoms with Gasteiger partial charge in [-0.25, -0.2) is 0 Å². The van der Waals surface area contributed by atoms with Gasteiger partial charge in [-0.15, -0.1) is 0 Å². The van der Waals surface area contributed by atoms with Crippen molar-refractivity contribution in [2.24, 2.45) is 0 Å². The molecular weight excluding hydrogens is 364 g/mol. The van der Waals surface area contributed by atoms with Gasteiger partial charge in [0.15, 0.2) is 0 Å². The van der Waals surface area contributed by atoms with Crippen LogP contribution < -0.4 is 0 Å². The lowest BCUT2D eigenvalue weighted by atomic mass is 10.0. The highest BCUT2D eigenvalue weighted by molar-refractivity contribution is 9.11. The Morgan fingerprint density at radius 3 is 2.29 bits per heavy atom. The topological polar surface area (TPSA) is 25.8 Å². The van der Waals surface area contributed by atoms with E-state index in [0.29, 0.717) is 0 Å². The summed E-state index contributed by atoms with van der Waals surface area (Å²) < 4.78 is 10.7. The predicted molar refractivity (Wildman–Crippen MR) is 78.3 cm³/mol. The molecule has 3 aromatic rings. The molecule has 0 N–H and O–H groups in total. The van der Waals surface area contributed by atoms with E-state index in [4.69, 9.17) is 0 Å². The fourth-order valence-electron chi connectivity index (χ4n) is 1.70. The molecule has 17 heavy (non-hydrogen) atoms. The van der Waals surface area contributed by atoms with E-state index in [0.717, 1.165) is 31.1 Å². The maximum Gasteiger partial charge on any atom is 0.119 e. The van der Waals surface area contributed by atoms with E-state index in [1.54, 1.807) is 0 Å². The van der Waals surface area contributed by atoms with Crippen molar-refractivity contribution in [2.75, 3.05) is 0 Å². The minimum Gasteiger partial charge on any atom is -0.172 e. The third-order valence-electron chi connectivity index (χ3n) is 2.52. The van der Waals surface area contributed by atoms with Crippen molar-refractivity contribution in [1.29, 1.82) is 0 Å². The van der Waals surface area contributed by atoms with Crippen LogP contribution in [0.4, 0.5) is 0 Å². The molecule has 0 fully saturated rings. The monoisotopic (exact) mass is 368 g/mol. The zero-order valence-electron chi connectivity index (χ0n) is 8.52. The van der Waals surface area contributed by atoms with E-state index in [-0.39, 0.29) is 0 Å². The zero-order valence-corrected chi connectivity index (χ0v) is 12.5. The van der Waals surface area contributed by atoms with E-state index < -0.39 is 0 Å². The molecule has 1 aromatic heterocycles. The second kappa shape index (κ2) is 4.48. The second-order valence-corrected chi connectivity index (χ2v) is 5.86. The average molecular weight is 370 g/mol. The van der Waals surface area contributed by atoms with Gasteiger partial charge in [0.05, 0.1) is 11.7 Å². The molecule has 0 saturated heterocycles. The van der Waals surface area contributed by atoms with Crippen molar-refractivity contribution in [3.05, 3.63) is 45.3 Å². The first kappa shape index (κ1) is 11.3. The molecule has 0 unspecified atom stereocenters. The van der Waals surface area contributed by atoms with Crippen LogP contribution in [0.25, 0.3) is 22.2 Å². The first-order valence-corrected chi connectivity index (χ1v) is 7.24. The standard InChI is InChI=1S/C12H6Br2N2S/c13-8-3-1-7(2-4-8)9-5-6-10(14)12-11(9)15-17-16-12/h1-6H. The summed E-state index contributed by atoms with van der Waals surface area (Å²) in [5.41, 5.74) is 4.14. The Bertz CT molecular complexity index is 677. The number of rotatable bonds is 1. The lowest BCUT2D eigenvalue weighted by molar-refractivity contribution is 1.57. The van der Waals surface area contributed by atoms with Crippen molar-refractivity contribution in [2.45, 2.75) is 0 Å². The van der Waals surface area contributed by atoms with Crippen LogP contribution in [0.1, 0.15) is 0 Å². The van der Waals surface area contributed by atoms with Crippen LogP contribution in [0, 0.1) is 0 Å². The van der Waals surface area contributed by atoms with Gasteiger partial charge in [-0.1, -0.05) is 34.1 Å². The summed E-state index contributed by atoms with van der Waals surface area (Å²) in [6, 6.07) is 12.3. The quantitative estimate of drug-likeness (QED) is 0.610. The molecule has 0 amide bonds. The van der Waals surface area contributed by atoms with Crippen molar-refractivity contribution < 1.29 is 0 Å². The van der Waals surface area contributed by atoms with E-state index in [2.05, 4.69) is 58.8 Å². The maximum absolute atomic E-state index is 4.37. The summed E-state index contributed by atoms with van der Waals surface area (Å²) in [6.45, 7) is 0. The molecule has 3 rings (SSSR count). The Labute approximate surface area is 119 Å². The lowest BCUT2D eigenvalue weighted by Gasteiger charge is -2.03. The van der Waals surface area contributed by atoms with Crippen LogP contribution in [0.2, 0.25) is 0 Å². The maximum atomic E-state index is 4.37. The van der Waals surface area contributed by atoms with Gasteiger partial charge >= 0.3 is 0 Å². The van der Waals surface area contributed by atoms with Gasteiger partial charge < -0.3 is 0 Å². The van der Waals surface area contributed by atoms with Crippen LogP contribution in [0.5, 0.6) is 0 Å². The van der Waals surface area contributed by atoms with Crippen LogP contribution in [-0.4, -0.2) is 8.75 Å². The van der Waals surface area contributed by atoms with Crippen molar-refractivity contribution >= 4 is 54.6 Å². The molecule has 0 spiro atoms. The Morgan fingerprint density at radius 2 is 1.53 bits per heavy atom. The lowest BCUT2D eigenvalue weighted by Crippen LogP contribution is -1.81. The van der Waals surface area contributed by atoms with Gasteiger partial charge in [-0.05, 0) is 39.7 Å². The van der Waals surface area contributed by atoms with E-state index in [1.165, 1.54) is 11.7 Å². The Morgan fingerprint density at radius 1 is 0.824 bits per heavy atom. The summed E-state index contributed by atoms with van der Waals surface area (Å²) in [5.74, 6) is 0. The molecule has 0 bridgehead atoms. The van der Waals surface area contributed by atoms with Crippen LogP contribution in [0.15, 0.2) is 45.3 Å². The molecule has 0 saturated carbocycles. The number of fused-ring (bicyclic) bond motifs is 1. The summed E-state index contributed by atoms with van der Waals surface area (Å²) in [7, 11) is 0. The van der Waals surface area contributed by atoms with Crippen molar-refractivity contribution in [3.8, 4) is 11.1 Å². The molecule has 5 heteroatoms. The van der Waals surface area contributed by atoms with Gasteiger partial charge in [-0.3, -0.25) is 0 Å². The highest BCUT2D eigenvalue weighted by Crippen LogP contribution is 2.32. The zero-order chi connectivity index (χ0) is 11.8. The molecule has 1 heterocycles. The minimum atomic E-state index is 0.926. The van der Waals surface area contributed by atoms with Gasteiger partial charge in [0.25, 0.3) is 0 Å². The van der Waals surface area contributed by atoms with Gasteiger partial charge in [-0.2, -0.15) is 8.75 Å². The predicted octanol–water partition coefficient (Wildman–Crippen LogP) is 4.88. The van der Waals surface area contributed by atoms with E-state index in [9.17, 15) is 0 Å². The first-order chi connectivity index (χ1) is 8.25. The molecular formula is C12H6Br2N2S. The Hall–Kier alpha value is -0.780. The smallest absolute Gasteiger partial charge is 0.119 e. The fourth-order valence-corrected chi connectivity index (χ4v) is 3.06. The van der Waals surface area contributed by atoms with Gasteiger partial charge in [0, 0.05) is 14.5 Å². The number of hydrogen-bond acceptors (Lipinski definition) is 3. The average Bonchev–Trinajstić information content (AvgIpc) is 2.81. The number of benzene rings is 2. The number of hydrogen-bond donors (Lipinski definition) is 0. The number of aromatic nitrogens is 2. The third-order valence-corrected chi connectivity index (χ3v) is 4.22. The highest BCUT2D eigenvalue weighted by atomic mass is 79.9. The second-order valence-electron chi connectivity index (χ2n) is 3.56. The summed E-state index contributed by atoms with van der Waals surface area (Å²) in [4.78, 5) is 0. The fraction of sp³-hybridized carbons (Fsp3) is 0. The summed E-state index contributed by atoms with van der Waals surface area (Å²) in [5, 5.41) is 0. The van der Waals surface area contributed by atoms with Crippen LogP contribution in [-0.2, 0) is 0 Å². The Kier molecular flexibility index (Phi) is 2.98. The van der Waals surface area contributed by atoms with Crippen molar-refractivity contribution in [3.63, 3.8) is 0 Å². The molecule has 0 aliphatic carbocycles. The summed E-state index contributed by atoms with van der Waals surface area (Å²) >= 11 is 8.17. The molecule has 0 atom stereocenters. The van der Waals surface area contributed by atoms with E-state index >= 15 is 0 Å². The number of halogens is 2. The molecule has 0 aliphatic heterocycles. The largest absolute Gasteiger partial charge is 0.172 e. The molecule has 2 nitrogen and oxygen atoms in total. The normalized spacial score (nSPS) is 10.9. The van der Waals surface area contributed by atoms with Crippen LogP contribution in [0.3, 0.4) is 0 Å². The summed E-state index contributed by atoms with van der Waals surface area (Å²) in [6.07, 6.45) is 0. The molecule has 0 aliphatic rings. The molecule has 0 radical (unpaired) electrons. The Balaban J connectivity index is 2.27. The van der Waals surface area contributed by atoms with Gasteiger partial charge in [0.2, 0.25) is 0 Å². The van der Waals surface area contributed by atoms with Crippen molar-refractivity contribution in [1.82, 2.24) is 8.75 Å². The first-order valence-electron chi connectivity index (χ1n) is 4.92. The minimum absolute atomic E-state index is 0.926. The van der Waals surface area contributed by atoms with Crippen LogP contribution >= 0.6 is 43.6 Å². The van der Waals surface area contributed by atoms with E-state index in [1.807, 2.05) is 18.2 Å². The SMILES string of the molecule is Brc1ccc(-c2ccc(Br)c3nsnc23)cc1. The molecule has 84 valence electrons. The molecule has 2 aromatic carbocycles. The number of nitrogens with zero attached hydrogens (tertiary/aromatic N) is 2. The van der Waals surface area contributed by atoms with Gasteiger partial charge in [0.1, 0.15) is 11.0 Å². The highest BCUT2D eigenvalue weighted by Gasteiger charge is 2.10.